The Morgan fingerprint density at radius 2 is 1.85 bits per heavy atom. The summed E-state index contributed by atoms with van der Waals surface area (Å²) in [6, 6.07) is 13.0. The monoisotopic (exact) mass is 417 g/mol. The van der Waals surface area contributed by atoms with Crippen LogP contribution in [-0.2, 0) is 27.2 Å². The molecule has 0 aliphatic heterocycles. The molecule has 0 fully saturated rings. The molecule has 1 atom stereocenters. The Kier molecular flexibility index (Phi) is 5.93. The Hall–Kier alpha value is -2.34. The van der Waals surface area contributed by atoms with Gasteiger partial charge in [-0.15, -0.1) is 0 Å². The van der Waals surface area contributed by atoms with Crippen LogP contribution in [0, 0.1) is 0 Å². The topological polar surface area (TPSA) is 64.6 Å². The van der Waals surface area contributed by atoms with Crippen molar-refractivity contribution in [1.82, 2.24) is 0 Å². The molecular weight excluding hydrogens is 398 g/mol. The van der Waals surface area contributed by atoms with Gasteiger partial charge in [0, 0.05) is 10.2 Å². The molecule has 0 saturated carbocycles. The molecule has 5 nitrogen and oxygen atoms in total. The van der Waals surface area contributed by atoms with Gasteiger partial charge in [-0.25, -0.2) is 4.79 Å². The van der Waals surface area contributed by atoms with Crippen molar-refractivity contribution < 1.29 is 19.1 Å². The number of halogens is 1. The Labute approximate surface area is 160 Å². The van der Waals surface area contributed by atoms with Crippen LogP contribution in [0.25, 0.3) is 0 Å². The van der Waals surface area contributed by atoms with Gasteiger partial charge in [-0.2, -0.15) is 0 Å². The number of hydrogen-bond acceptors (Lipinski definition) is 4. The van der Waals surface area contributed by atoms with E-state index in [9.17, 15) is 9.59 Å². The number of carbonyl (C=O) groups is 2. The Balaban J connectivity index is 1.46. The first-order chi connectivity index (χ1) is 12.5. The second-order valence-corrected chi connectivity index (χ2v) is 7.12. The van der Waals surface area contributed by atoms with Gasteiger partial charge in [-0.1, -0.05) is 22.0 Å². The van der Waals surface area contributed by atoms with Crippen LogP contribution in [0.15, 0.2) is 46.9 Å². The van der Waals surface area contributed by atoms with E-state index in [0.29, 0.717) is 11.4 Å². The summed E-state index contributed by atoms with van der Waals surface area (Å²) in [5, 5.41) is 2.70. The summed E-state index contributed by atoms with van der Waals surface area (Å²) >= 11 is 3.33. The lowest BCUT2D eigenvalue weighted by Crippen LogP contribution is -2.31. The van der Waals surface area contributed by atoms with Crippen LogP contribution < -0.4 is 10.1 Å². The normalized spacial score (nSPS) is 13.6. The minimum absolute atomic E-state index is 0.227. The van der Waals surface area contributed by atoms with Crippen molar-refractivity contribution in [3.63, 3.8) is 0 Å². The summed E-state index contributed by atoms with van der Waals surface area (Å²) in [6.07, 6.45) is 2.40. The van der Waals surface area contributed by atoms with E-state index in [1.54, 1.807) is 12.1 Å². The molecule has 136 valence electrons. The SMILES string of the molecule is C[C@@H](OC(=O)COc1ccc2c(c1)CCC2)C(=O)Nc1ccc(Br)cc1. The third-order valence-corrected chi connectivity index (χ3v) is 4.74. The highest BCUT2D eigenvalue weighted by Crippen LogP contribution is 2.26. The van der Waals surface area contributed by atoms with Crippen LogP contribution in [0.1, 0.15) is 24.5 Å². The summed E-state index contributed by atoms with van der Waals surface area (Å²) in [7, 11) is 0. The maximum Gasteiger partial charge on any atom is 0.344 e. The fourth-order valence-corrected chi connectivity index (χ4v) is 3.11. The molecule has 0 saturated heterocycles. The minimum Gasteiger partial charge on any atom is -0.482 e. The van der Waals surface area contributed by atoms with Gasteiger partial charge in [0.25, 0.3) is 5.91 Å². The molecule has 0 bridgehead atoms. The first-order valence-electron chi connectivity index (χ1n) is 8.52. The van der Waals surface area contributed by atoms with Crippen LogP contribution in [0.2, 0.25) is 0 Å². The molecule has 0 heterocycles. The molecule has 0 radical (unpaired) electrons. The molecule has 1 aliphatic carbocycles. The smallest absolute Gasteiger partial charge is 0.344 e. The van der Waals surface area contributed by atoms with Gasteiger partial charge in [0.2, 0.25) is 0 Å². The molecule has 0 aromatic heterocycles. The number of benzene rings is 2. The highest BCUT2D eigenvalue weighted by atomic mass is 79.9. The zero-order valence-electron chi connectivity index (χ0n) is 14.5. The number of ether oxygens (including phenoxy) is 2. The van der Waals surface area contributed by atoms with Crippen LogP contribution in [0.4, 0.5) is 5.69 Å². The number of carbonyl (C=O) groups excluding carboxylic acids is 2. The molecule has 6 heteroatoms. The molecule has 1 N–H and O–H groups in total. The summed E-state index contributed by atoms with van der Waals surface area (Å²) < 4.78 is 11.5. The third kappa shape index (κ3) is 4.85. The number of anilines is 1. The Bertz CT molecular complexity index is 804. The standard InChI is InChI=1S/C20H20BrNO4/c1-13(20(24)22-17-8-6-16(21)7-9-17)26-19(23)12-25-18-10-5-14-3-2-4-15(14)11-18/h5-11,13H,2-4,12H2,1H3,(H,22,24)/t13-/m1/s1. The average Bonchev–Trinajstić information content (AvgIpc) is 3.09. The number of esters is 1. The van der Waals surface area contributed by atoms with Crippen molar-refractivity contribution in [3.8, 4) is 5.75 Å². The molecule has 2 aromatic carbocycles. The van der Waals surface area contributed by atoms with Gasteiger partial charge < -0.3 is 14.8 Å². The van der Waals surface area contributed by atoms with E-state index in [2.05, 4.69) is 21.2 Å². The van der Waals surface area contributed by atoms with E-state index in [4.69, 9.17) is 9.47 Å². The van der Waals surface area contributed by atoms with E-state index < -0.39 is 18.0 Å². The van der Waals surface area contributed by atoms with Crippen LogP contribution in [0.5, 0.6) is 5.75 Å². The summed E-state index contributed by atoms with van der Waals surface area (Å²) in [5.74, 6) is -0.322. The van der Waals surface area contributed by atoms with Gasteiger partial charge in [-0.3, -0.25) is 4.79 Å². The molecule has 26 heavy (non-hydrogen) atoms. The largest absolute Gasteiger partial charge is 0.482 e. The maximum absolute atomic E-state index is 12.1. The predicted octanol–water partition coefficient (Wildman–Crippen LogP) is 3.89. The van der Waals surface area contributed by atoms with Crippen LogP contribution in [0.3, 0.4) is 0 Å². The van der Waals surface area contributed by atoms with E-state index in [0.717, 1.165) is 23.7 Å². The molecule has 2 aromatic rings. The zero-order chi connectivity index (χ0) is 18.5. The molecular formula is C20H20BrNO4. The van der Waals surface area contributed by atoms with Gasteiger partial charge in [0.1, 0.15) is 5.75 Å². The molecule has 1 amide bonds. The van der Waals surface area contributed by atoms with E-state index >= 15 is 0 Å². The van der Waals surface area contributed by atoms with E-state index in [1.807, 2.05) is 30.3 Å². The van der Waals surface area contributed by atoms with E-state index in [-0.39, 0.29) is 6.61 Å². The van der Waals surface area contributed by atoms with Crippen molar-refractivity contribution in [3.05, 3.63) is 58.1 Å². The number of rotatable bonds is 6. The number of fused-ring (bicyclic) bond motifs is 1. The van der Waals surface area contributed by atoms with Crippen molar-refractivity contribution >= 4 is 33.5 Å². The molecule has 0 spiro atoms. The second-order valence-electron chi connectivity index (χ2n) is 6.20. The van der Waals surface area contributed by atoms with Crippen molar-refractivity contribution in [1.29, 1.82) is 0 Å². The molecule has 1 aliphatic rings. The average molecular weight is 418 g/mol. The number of hydrogen-bond donors (Lipinski definition) is 1. The summed E-state index contributed by atoms with van der Waals surface area (Å²) in [4.78, 5) is 24.0. The van der Waals surface area contributed by atoms with Crippen LogP contribution >= 0.6 is 15.9 Å². The van der Waals surface area contributed by atoms with Gasteiger partial charge >= 0.3 is 5.97 Å². The Morgan fingerprint density at radius 1 is 1.12 bits per heavy atom. The van der Waals surface area contributed by atoms with E-state index in [1.165, 1.54) is 18.1 Å². The van der Waals surface area contributed by atoms with Crippen molar-refractivity contribution in [2.45, 2.75) is 32.3 Å². The Morgan fingerprint density at radius 3 is 2.62 bits per heavy atom. The lowest BCUT2D eigenvalue weighted by molar-refractivity contribution is -0.155. The number of aryl methyl sites for hydroxylation is 2. The first kappa shape index (κ1) is 18.5. The highest BCUT2D eigenvalue weighted by molar-refractivity contribution is 9.10. The first-order valence-corrected chi connectivity index (χ1v) is 9.31. The fourth-order valence-electron chi connectivity index (χ4n) is 2.84. The zero-order valence-corrected chi connectivity index (χ0v) is 16.0. The highest BCUT2D eigenvalue weighted by Gasteiger charge is 2.19. The van der Waals surface area contributed by atoms with Crippen LogP contribution in [-0.4, -0.2) is 24.6 Å². The predicted molar refractivity (Wildman–Crippen MR) is 102 cm³/mol. The second kappa shape index (κ2) is 8.36. The number of nitrogens with one attached hydrogen (secondary N) is 1. The minimum atomic E-state index is -0.908. The van der Waals surface area contributed by atoms with Crippen molar-refractivity contribution in [2.75, 3.05) is 11.9 Å². The van der Waals surface area contributed by atoms with Crippen molar-refractivity contribution in [2.24, 2.45) is 0 Å². The lowest BCUT2D eigenvalue weighted by Gasteiger charge is -2.14. The lowest BCUT2D eigenvalue weighted by atomic mass is 10.1. The molecule has 3 rings (SSSR count). The summed E-state index contributed by atoms with van der Waals surface area (Å²) in [5.41, 5.74) is 3.26. The number of amides is 1. The molecule has 0 unspecified atom stereocenters. The maximum atomic E-state index is 12.1. The van der Waals surface area contributed by atoms with Gasteiger partial charge in [-0.05, 0) is 73.7 Å². The van der Waals surface area contributed by atoms with Gasteiger partial charge in [0.15, 0.2) is 12.7 Å². The third-order valence-electron chi connectivity index (χ3n) is 4.22. The van der Waals surface area contributed by atoms with Gasteiger partial charge in [0.05, 0.1) is 0 Å². The summed E-state index contributed by atoms with van der Waals surface area (Å²) in [6.45, 7) is 1.30. The fraction of sp³-hybridized carbons (Fsp3) is 0.300. The quantitative estimate of drug-likeness (QED) is 0.724.